The van der Waals surface area contributed by atoms with Gasteiger partial charge in [0, 0.05) is 23.2 Å². The average Bonchev–Trinajstić information content (AvgIpc) is 3.31. The van der Waals surface area contributed by atoms with E-state index >= 15 is 0 Å². The quantitative estimate of drug-likeness (QED) is 0.372. The second kappa shape index (κ2) is 5.95. The summed E-state index contributed by atoms with van der Waals surface area (Å²) in [7, 11) is 0. The van der Waals surface area contributed by atoms with E-state index in [2.05, 4.69) is 45.7 Å². The Hall–Kier alpha value is -3.10. The van der Waals surface area contributed by atoms with Crippen molar-refractivity contribution in [2.75, 3.05) is 18.0 Å². The highest BCUT2D eigenvalue weighted by Crippen LogP contribution is 2.44. The molecule has 0 unspecified atom stereocenters. The van der Waals surface area contributed by atoms with Crippen LogP contribution in [0.25, 0.3) is 37.0 Å². The summed E-state index contributed by atoms with van der Waals surface area (Å²) in [5.74, 6) is 0. The standard InChI is InChI=1S/C23H18N4S/c24-14-16-20(26-12-6-1-7-13-26)22-21(15-8-2-5-11-19(15)28-22)27-18-10-4-3-9-17(18)25-23(16)27/h2-5,8-11H,1,6-7,12-13H2. The Morgan fingerprint density at radius 1 is 0.964 bits per heavy atom. The Labute approximate surface area is 166 Å². The van der Waals surface area contributed by atoms with Gasteiger partial charge in [0.05, 0.1) is 26.9 Å². The predicted molar refractivity (Wildman–Crippen MR) is 116 cm³/mol. The molecule has 0 atom stereocenters. The molecule has 28 heavy (non-hydrogen) atoms. The van der Waals surface area contributed by atoms with Crippen molar-refractivity contribution in [2.24, 2.45) is 0 Å². The van der Waals surface area contributed by atoms with Crippen molar-refractivity contribution in [3.63, 3.8) is 0 Å². The summed E-state index contributed by atoms with van der Waals surface area (Å²) in [6, 6.07) is 19.3. The summed E-state index contributed by atoms with van der Waals surface area (Å²) in [5.41, 5.74) is 5.75. The van der Waals surface area contributed by atoms with Gasteiger partial charge in [-0.25, -0.2) is 4.98 Å². The number of hydrogen-bond donors (Lipinski definition) is 0. The maximum atomic E-state index is 10.2. The number of aromatic nitrogens is 2. The van der Waals surface area contributed by atoms with Crippen molar-refractivity contribution in [1.82, 2.24) is 9.38 Å². The van der Waals surface area contributed by atoms with Crippen LogP contribution in [0.15, 0.2) is 48.5 Å². The summed E-state index contributed by atoms with van der Waals surface area (Å²) in [4.78, 5) is 7.31. The number of rotatable bonds is 1. The zero-order chi connectivity index (χ0) is 18.7. The molecule has 1 aliphatic rings. The molecule has 0 amide bonds. The third kappa shape index (κ3) is 2.07. The normalized spacial score (nSPS) is 15.0. The van der Waals surface area contributed by atoms with Gasteiger partial charge in [-0.15, -0.1) is 11.3 Å². The first-order valence-electron chi connectivity index (χ1n) is 9.76. The van der Waals surface area contributed by atoms with Crippen molar-refractivity contribution in [3.8, 4) is 6.07 Å². The molecule has 3 aromatic heterocycles. The van der Waals surface area contributed by atoms with Crippen LogP contribution in [0.3, 0.4) is 0 Å². The first kappa shape index (κ1) is 15.9. The molecule has 0 radical (unpaired) electrons. The molecule has 136 valence electrons. The van der Waals surface area contributed by atoms with Gasteiger partial charge in [0.25, 0.3) is 0 Å². The molecule has 1 saturated heterocycles. The number of fused-ring (bicyclic) bond motifs is 7. The Balaban J connectivity index is 1.89. The van der Waals surface area contributed by atoms with Crippen LogP contribution in [0.2, 0.25) is 0 Å². The SMILES string of the molecule is N#Cc1c(N2CCCCC2)c2sc3ccccc3c2n2c1nc1ccccc12. The van der Waals surface area contributed by atoms with Crippen LogP contribution >= 0.6 is 11.3 Å². The van der Waals surface area contributed by atoms with E-state index in [9.17, 15) is 5.26 Å². The van der Waals surface area contributed by atoms with Gasteiger partial charge in [-0.2, -0.15) is 5.26 Å². The molecule has 1 aliphatic heterocycles. The number of thiophene rings is 1. The van der Waals surface area contributed by atoms with Crippen LogP contribution in [-0.2, 0) is 0 Å². The second-order valence-electron chi connectivity index (χ2n) is 7.42. The fourth-order valence-electron chi connectivity index (χ4n) is 4.58. The maximum absolute atomic E-state index is 10.2. The van der Waals surface area contributed by atoms with Gasteiger partial charge >= 0.3 is 0 Å². The highest BCUT2D eigenvalue weighted by Gasteiger charge is 2.25. The van der Waals surface area contributed by atoms with Crippen LogP contribution in [0.1, 0.15) is 24.8 Å². The molecule has 6 rings (SSSR count). The number of pyridine rings is 1. The van der Waals surface area contributed by atoms with Crippen LogP contribution in [0.5, 0.6) is 0 Å². The summed E-state index contributed by atoms with van der Waals surface area (Å²) >= 11 is 1.80. The lowest BCUT2D eigenvalue weighted by atomic mass is 10.1. The van der Waals surface area contributed by atoms with Crippen LogP contribution in [0.4, 0.5) is 5.69 Å². The van der Waals surface area contributed by atoms with E-state index in [4.69, 9.17) is 4.98 Å². The topological polar surface area (TPSA) is 44.3 Å². The second-order valence-corrected chi connectivity index (χ2v) is 8.47. The number of imidazole rings is 1. The summed E-state index contributed by atoms with van der Waals surface area (Å²) in [6.45, 7) is 2.02. The number of piperidine rings is 1. The number of nitrogens with zero attached hydrogens (tertiary/aromatic N) is 4. The first-order chi connectivity index (χ1) is 13.9. The number of benzene rings is 2. The number of para-hydroxylation sites is 2. The molecule has 2 aromatic carbocycles. The fourth-order valence-corrected chi connectivity index (χ4v) is 5.84. The van der Waals surface area contributed by atoms with Gasteiger partial charge in [-0.05, 0) is 37.5 Å². The Bertz CT molecular complexity index is 1410. The van der Waals surface area contributed by atoms with E-state index in [1.807, 2.05) is 18.2 Å². The molecular formula is C23H18N4S. The smallest absolute Gasteiger partial charge is 0.158 e. The Kier molecular flexibility index (Phi) is 3.38. The molecule has 4 nitrogen and oxygen atoms in total. The molecule has 0 bridgehead atoms. The van der Waals surface area contributed by atoms with E-state index in [0.717, 1.165) is 35.5 Å². The molecule has 5 aromatic rings. The largest absolute Gasteiger partial charge is 0.369 e. The van der Waals surface area contributed by atoms with Crippen molar-refractivity contribution >= 4 is 54.0 Å². The fraction of sp³-hybridized carbons (Fsp3) is 0.217. The van der Waals surface area contributed by atoms with E-state index < -0.39 is 0 Å². The van der Waals surface area contributed by atoms with Gasteiger partial charge in [0.1, 0.15) is 11.6 Å². The van der Waals surface area contributed by atoms with Crippen molar-refractivity contribution in [1.29, 1.82) is 5.26 Å². The molecule has 5 heteroatoms. The zero-order valence-corrected chi connectivity index (χ0v) is 16.2. The van der Waals surface area contributed by atoms with E-state index in [-0.39, 0.29) is 0 Å². The van der Waals surface area contributed by atoms with Crippen LogP contribution in [0, 0.1) is 11.3 Å². The van der Waals surface area contributed by atoms with Crippen molar-refractivity contribution < 1.29 is 0 Å². The number of nitriles is 1. The lowest BCUT2D eigenvalue weighted by Gasteiger charge is -2.30. The third-order valence-corrected chi connectivity index (χ3v) is 6.98. The highest BCUT2D eigenvalue weighted by molar-refractivity contribution is 7.26. The lowest BCUT2D eigenvalue weighted by Crippen LogP contribution is -2.30. The first-order valence-corrected chi connectivity index (χ1v) is 10.6. The Morgan fingerprint density at radius 3 is 2.61 bits per heavy atom. The maximum Gasteiger partial charge on any atom is 0.158 e. The minimum absolute atomic E-state index is 0.706. The van der Waals surface area contributed by atoms with Crippen LogP contribution < -0.4 is 4.90 Å². The monoisotopic (exact) mass is 382 g/mol. The molecule has 1 fully saturated rings. The summed E-state index contributed by atoms with van der Waals surface area (Å²) in [5, 5.41) is 11.4. The van der Waals surface area contributed by atoms with Gasteiger partial charge in [-0.3, -0.25) is 4.40 Å². The van der Waals surface area contributed by atoms with Crippen LogP contribution in [-0.4, -0.2) is 22.5 Å². The molecular weight excluding hydrogens is 364 g/mol. The highest BCUT2D eigenvalue weighted by atomic mass is 32.1. The van der Waals surface area contributed by atoms with Crippen molar-refractivity contribution in [3.05, 3.63) is 54.1 Å². The number of anilines is 1. The van der Waals surface area contributed by atoms with Gasteiger partial charge < -0.3 is 4.90 Å². The minimum atomic E-state index is 0.706. The third-order valence-electron chi connectivity index (χ3n) is 5.81. The molecule has 0 saturated carbocycles. The predicted octanol–water partition coefficient (Wildman–Crippen LogP) is 5.72. The number of hydrogen-bond acceptors (Lipinski definition) is 4. The van der Waals surface area contributed by atoms with Gasteiger partial charge in [0.2, 0.25) is 0 Å². The summed E-state index contributed by atoms with van der Waals surface area (Å²) in [6.07, 6.45) is 3.63. The van der Waals surface area contributed by atoms with E-state index in [0.29, 0.717) is 5.56 Å². The molecule has 0 spiro atoms. The van der Waals surface area contributed by atoms with E-state index in [1.165, 1.54) is 39.6 Å². The van der Waals surface area contributed by atoms with Crippen molar-refractivity contribution in [2.45, 2.75) is 19.3 Å². The summed E-state index contributed by atoms with van der Waals surface area (Å²) < 4.78 is 4.66. The van der Waals surface area contributed by atoms with E-state index in [1.54, 1.807) is 11.3 Å². The Morgan fingerprint density at radius 2 is 1.75 bits per heavy atom. The lowest BCUT2D eigenvalue weighted by molar-refractivity contribution is 0.579. The average molecular weight is 382 g/mol. The zero-order valence-electron chi connectivity index (χ0n) is 15.4. The van der Waals surface area contributed by atoms with Gasteiger partial charge in [0.15, 0.2) is 5.65 Å². The molecule has 0 N–H and O–H groups in total. The molecule has 4 heterocycles. The minimum Gasteiger partial charge on any atom is -0.369 e. The van der Waals surface area contributed by atoms with Gasteiger partial charge in [-0.1, -0.05) is 30.3 Å². The molecule has 0 aliphatic carbocycles.